The summed E-state index contributed by atoms with van der Waals surface area (Å²) < 4.78 is 10.6. The van der Waals surface area contributed by atoms with Gasteiger partial charge in [-0.15, -0.1) is 0 Å². The van der Waals surface area contributed by atoms with Crippen LogP contribution in [0.3, 0.4) is 0 Å². The molecule has 0 heterocycles. The maximum atomic E-state index is 14.1. The largest absolute Gasteiger partial charge is 0.508 e. The van der Waals surface area contributed by atoms with Crippen molar-refractivity contribution in [2.45, 2.75) is 78.5 Å². The molecule has 214 valence electrons. The lowest BCUT2D eigenvalue weighted by molar-refractivity contribution is -0.141. The molecule has 2 aromatic carbocycles. The molecule has 9 heteroatoms. The highest BCUT2D eigenvalue weighted by Gasteiger charge is 2.36. The monoisotopic (exact) mass is 541 g/mol. The Morgan fingerprint density at radius 1 is 1.05 bits per heavy atom. The average molecular weight is 542 g/mol. The van der Waals surface area contributed by atoms with E-state index in [0.717, 1.165) is 6.42 Å². The normalized spacial score (nSPS) is 12.8. The number of nitrogens with one attached hydrogen (secondary N) is 2. The summed E-state index contributed by atoms with van der Waals surface area (Å²) in [7, 11) is 1.56. The minimum Gasteiger partial charge on any atom is -0.508 e. The summed E-state index contributed by atoms with van der Waals surface area (Å²) in [6.45, 7) is 11.4. The van der Waals surface area contributed by atoms with E-state index in [2.05, 4.69) is 10.6 Å². The number of methoxy groups -OCH3 is 1. The molecule has 39 heavy (non-hydrogen) atoms. The summed E-state index contributed by atoms with van der Waals surface area (Å²) in [6.07, 6.45) is 1.07. The molecule has 3 N–H and O–H groups in total. The molecule has 0 fully saturated rings. The van der Waals surface area contributed by atoms with Gasteiger partial charge in [-0.25, -0.2) is 4.79 Å². The molecule has 0 aliphatic rings. The zero-order valence-electron chi connectivity index (χ0n) is 24.1. The SMILES string of the molecule is CCCCN(C(=O)C(CC(C)C)NC(=O)OC(C)(C)C)C(C(=O)Nc1ccc(OC)cc1)c1cccc(O)c1. The highest BCUT2D eigenvalue weighted by molar-refractivity contribution is 5.99. The first kappa shape index (κ1) is 31.5. The first-order chi connectivity index (χ1) is 18.3. The summed E-state index contributed by atoms with van der Waals surface area (Å²) >= 11 is 0. The molecule has 2 unspecified atom stereocenters. The summed E-state index contributed by atoms with van der Waals surface area (Å²) in [6, 6.07) is 11.2. The highest BCUT2D eigenvalue weighted by atomic mass is 16.6. The van der Waals surface area contributed by atoms with E-state index in [9.17, 15) is 19.5 Å². The first-order valence-corrected chi connectivity index (χ1v) is 13.4. The number of ether oxygens (including phenoxy) is 2. The number of carbonyl (C=O) groups excluding carboxylic acids is 3. The Kier molecular flexibility index (Phi) is 11.6. The molecule has 0 spiro atoms. The van der Waals surface area contributed by atoms with E-state index in [1.807, 2.05) is 20.8 Å². The predicted octanol–water partition coefficient (Wildman–Crippen LogP) is 5.65. The molecule has 2 rings (SSSR count). The van der Waals surface area contributed by atoms with Crippen molar-refractivity contribution in [2.24, 2.45) is 5.92 Å². The van der Waals surface area contributed by atoms with E-state index in [0.29, 0.717) is 29.8 Å². The van der Waals surface area contributed by atoms with Gasteiger partial charge in [0, 0.05) is 12.2 Å². The molecular formula is C30H43N3O6. The number of hydrogen-bond acceptors (Lipinski definition) is 6. The van der Waals surface area contributed by atoms with E-state index in [-0.39, 0.29) is 18.2 Å². The Labute approximate surface area is 231 Å². The fourth-order valence-electron chi connectivity index (χ4n) is 4.09. The first-order valence-electron chi connectivity index (χ1n) is 13.4. The molecule has 0 aliphatic heterocycles. The summed E-state index contributed by atoms with van der Waals surface area (Å²) in [4.78, 5) is 42.1. The molecule has 0 aliphatic carbocycles. The Bertz CT molecular complexity index is 1090. The number of alkyl carbamates (subject to hydrolysis) is 1. The molecule has 0 radical (unpaired) electrons. The number of anilines is 1. The van der Waals surface area contributed by atoms with Gasteiger partial charge in [0.2, 0.25) is 5.91 Å². The van der Waals surface area contributed by atoms with Gasteiger partial charge in [-0.05, 0) is 81.5 Å². The van der Waals surface area contributed by atoms with E-state index in [4.69, 9.17) is 9.47 Å². The van der Waals surface area contributed by atoms with Crippen LogP contribution in [0.4, 0.5) is 10.5 Å². The van der Waals surface area contributed by atoms with Crippen LogP contribution in [0, 0.1) is 5.92 Å². The maximum absolute atomic E-state index is 14.1. The van der Waals surface area contributed by atoms with E-state index in [1.54, 1.807) is 64.3 Å². The van der Waals surface area contributed by atoms with Crippen molar-refractivity contribution in [1.29, 1.82) is 0 Å². The quantitative estimate of drug-likeness (QED) is 0.320. The second kappa shape index (κ2) is 14.4. The zero-order valence-corrected chi connectivity index (χ0v) is 24.1. The van der Waals surface area contributed by atoms with Crippen molar-refractivity contribution in [1.82, 2.24) is 10.2 Å². The highest BCUT2D eigenvalue weighted by Crippen LogP contribution is 2.28. The van der Waals surface area contributed by atoms with Gasteiger partial charge < -0.3 is 30.1 Å². The number of benzene rings is 2. The zero-order chi connectivity index (χ0) is 29.2. The van der Waals surface area contributed by atoms with Gasteiger partial charge in [-0.1, -0.05) is 39.3 Å². The van der Waals surface area contributed by atoms with Crippen molar-refractivity contribution in [3.63, 3.8) is 0 Å². The number of rotatable bonds is 12. The topological polar surface area (TPSA) is 117 Å². The van der Waals surface area contributed by atoms with E-state index >= 15 is 0 Å². The molecule has 2 atom stereocenters. The number of amides is 3. The van der Waals surface area contributed by atoms with Crippen molar-refractivity contribution < 1.29 is 29.0 Å². The maximum Gasteiger partial charge on any atom is 0.408 e. The van der Waals surface area contributed by atoms with Gasteiger partial charge in [-0.2, -0.15) is 0 Å². The van der Waals surface area contributed by atoms with Crippen molar-refractivity contribution in [3.05, 3.63) is 54.1 Å². The van der Waals surface area contributed by atoms with Crippen LogP contribution in [0.1, 0.15) is 72.4 Å². The smallest absolute Gasteiger partial charge is 0.408 e. The number of aromatic hydroxyl groups is 1. The van der Waals surface area contributed by atoms with Crippen LogP contribution in [0.2, 0.25) is 0 Å². The molecular weight excluding hydrogens is 498 g/mol. The Balaban J connectivity index is 2.50. The van der Waals surface area contributed by atoms with Crippen LogP contribution in [0.25, 0.3) is 0 Å². The van der Waals surface area contributed by atoms with Gasteiger partial charge in [-0.3, -0.25) is 9.59 Å². The number of carbonyl (C=O) groups is 3. The lowest BCUT2D eigenvalue weighted by Gasteiger charge is -2.35. The molecule has 3 amide bonds. The van der Waals surface area contributed by atoms with Crippen molar-refractivity contribution >= 4 is 23.6 Å². The van der Waals surface area contributed by atoms with Crippen LogP contribution < -0.4 is 15.4 Å². The average Bonchev–Trinajstić information content (AvgIpc) is 2.84. The number of nitrogens with zero attached hydrogens (tertiary/aromatic N) is 1. The Morgan fingerprint density at radius 2 is 1.72 bits per heavy atom. The fourth-order valence-corrected chi connectivity index (χ4v) is 4.09. The Morgan fingerprint density at radius 3 is 2.26 bits per heavy atom. The number of phenols is 1. The summed E-state index contributed by atoms with van der Waals surface area (Å²) in [5, 5.41) is 15.8. The van der Waals surface area contributed by atoms with Crippen LogP contribution >= 0.6 is 0 Å². The van der Waals surface area contributed by atoms with Gasteiger partial charge in [0.15, 0.2) is 0 Å². The van der Waals surface area contributed by atoms with Gasteiger partial charge in [0.05, 0.1) is 7.11 Å². The number of hydrogen-bond donors (Lipinski definition) is 3. The minimum atomic E-state index is -1.06. The molecule has 9 nitrogen and oxygen atoms in total. The predicted molar refractivity (Wildman–Crippen MR) is 152 cm³/mol. The van der Waals surface area contributed by atoms with Crippen molar-refractivity contribution in [3.8, 4) is 11.5 Å². The molecule has 0 bridgehead atoms. The second-order valence-electron chi connectivity index (χ2n) is 10.9. The molecule has 0 aromatic heterocycles. The molecule has 2 aromatic rings. The third-order valence-corrected chi connectivity index (χ3v) is 5.84. The third-order valence-electron chi connectivity index (χ3n) is 5.84. The lowest BCUT2D eigenvalue weighted by Crippen LogP contribution is -2.53. The second-order valence-corrected chi connectivity index (χ2v) is 10.9. The van der Waals surface area contributed by atoms with Gasteiger partial charge in [0.1, 0.15) is 29.2 Å². The van der Waals surface area contributed by atoms with Crippen LogP contribution in [-0.2, 0) is 14.3 Å². The number of phenolic OH excluding ortho intramolecular Hbond substituents is 1. The molecule has 0 saturated heterocycles. The van der Waals surface area contributed by atoms with Crippen LogP contribution in [-0.4, -0.2) is 53.2 Å². The lowest BCUT2D eigenvalue weighted by atomic mass is 9.98. The van der Waals surface area contributed by atoms with E-state index < -0.39 is 35.6 Å². The minimum absolute atomic E-state index is 0.0248. The fraction of sp³-hybridized carbons (Fsp3) is 0.500. The van der Waals surface area contributed by atoms with Gasteiger partial charge >= 0.3 is 6.09 Å². The Hall–Kier alpha value is -3.75. The van der Waals surface area contributed by atoms with E-state index in [1.165, 1.54) is 17.0 Å². The standard InChI is InChI=1S/C30H43N3O6/c1-8-9-17-33(28(36)25(18-20(2)3)32-29(37)39-30(4,5)6)26(21-11-10-12-23(34)19-21)27(35)31-22-13-15-24(38-7)16-14-22/h10-16,19-20,25-26,34H,8-9,17-18H2,1-7H3,(H,31,35)(H,32,37). The summed E-state index contributed by atoms with van der Waals surface area (Å²) in [5.74, 6) is -0.156. The van der Waals surface area contributed by atoms with Gasteiger partial charge in [0.25, 0.3) is 5.91 Å². The summed E-state index contributed by atoms with van der Waals surface area (Å²) in [5.41, 5.74) is 0.241. The van der Waals surface area contributed by atoms with Crippen molar-refractivity contribution in [2.75, 3.05) is 19.0 Å². The number of unbranched alkanes of at least 4 members (excludes halogenated alkanes) is 1. The molecule has 0 saturated carbocycles. The third kappa shape index (κ3) is 10.1. The van der Waals surface area contributed by atoms with Crippen LogP contribution in [0.5, 0.6) is 11.5 Å². The van der Waals surface area contributed by atoms with Crippen LogP contribution in [0.15, 0.2) is 48.5 Å².